The van der Waals surface area contributed by atoms with Crippen molar-refractivity contribution in [2.45, 2.75) is 71.8 Å². The number of aryl methyl sites for hydroxylation is 1. The molecule has 4 aromatic rings. The molecule has 1 amide bonds. The maximum atomic E-state index is 12.5. The molecule has 0 radical (unpaired) electrons. The van der Waals surface area contributed by atoms with Gasteiger partial charge < -0.3 is 19.7 Å². The van der Waals surface area contributed by atoms with Gasteiger partial charge in [-0.05, 0) is 88.8 Å². The first-order valence-corrected chi connectivity index (χ1v) is 14.2. The largest absolute Gasteiger partial charge is 0.444 e. The average molecular weight is 563 g/mol. The Hall–Kier alpha value is -3.56. The number of carbonyl (C=O) groups excluding carboxylic acids is 1. The van der Waals surface area contributed by atoms with Crippen LogP contribution < -0.4 is 5.32 Å². The van der Waals surface area contributed by atoms with Gasteiger partial charge in [0.05, 0.1) is 28.1 Å². The van der Waals surface area contributed by atoms with Crippen LogP contribution >= 0.6 is 11.6 Å². The molecule has 0 saturated carbocycles. The van der Waals surface area contributed by atoms with Crippen molar-refractivity contribution in [1.82, 2.24) is 24.5 Å². The third kappa shape index (κ3) is 5.28. The number of benzene rings is 2. The van der Waals surface area contributed by atoms with Crippen LogP contribution in [0.15, 0.2) is 42.7 Å². The van der Waals surface area contributed by atoms with Gasteiger partial charge in [-0.15, -0.1) is 5.10 Å². The quantitative estimate of drug-likeness (QED) is 0.290. The number of hydrogen-bond donors (Lipinski definition) is 1. The van der Waals surface area contributed by atoms with Gasteiger partial charge in [0.15, 0.2) is 12.0 Å². The molecule has 210 valence electrons. The zero-order valence-electron chi connectivity index (χ0n) is 23.4. The van der Waals surface area contributed by atoms with Gasteiger partial charge in [0.2, 0.25) is 0 Å². The second kappa shape index (κ2) is 10.4. The summed E-state index contributed by atoms with van der Waals surface area (Å²) in [6.45, 7) is 9.61. The Balaban J connectivity index is 1.19. The minimum Gasteiger partial charge on any atom is -0.444 e. The smallest absolute Gasteiger partial charge is 0.410 e. The number of ether oxygens (including phenoxy) is 2. The van der Waals surface area contributed by atoms with E-state index in [0.717, 1.165) is 71.5 Å². The highest BCUT2D eigenvalue weighted by Gasteiger charge is 2.26. The van der Waals surface area contributed by atoms with Crippen LogP contribution in [0.5, 0.6) is 0 Å². The van der Waals surface area contributed by atoms with E-state index >= 15 is 0 Å². The van der Waals surface area contributed by atoms with E-state index in [1.165, 1.54) is 5.56 Å². The number of nitrogens with zero attached hydrogens (tertiary/aromatic N) is 5. The Morgan fingerprint density at radius 1 is 1.18 bits per heavy atom. The van der Waals surface area contributed by atoms with Crippen molar-refractivity contribution in [3.05, 3.63) is 64.4 Å². The molecule has 1 N–H and O–H groups in total. The maximum Gasteiger partial charge on any atom is 0.410 e. The SMILES string of the molecule is Cc1cn(-c2ccc3c(c2)CCN(C(=O)OC(C)(C)C)C3)nc1Nc1ccc2c(cnn2C2CCCCO2)c1Cl. The fourth-order valence-corrected chi connectivity index (χ4v) is 5.59. The molecule has 0 bridgehead atoms. The summed E-state index contributed by atoms with van der Waals surface area (Å²) < 4.78 is 15.3. The zero-order chi connectivity index (χ0) is 28.0. The van der Waals surface area contributed by atoms with Gasteiger partial charge in [0, 0.05) is 36.8 Å². The zero-order valence-corrected chi connectivity index (χ0v) is 24.2. The van der Waals surface area contributed by atoms with Crippen molar-refractivity contribution in [3.8, 4) is 5.69 Å². The number of aromatic nitrogens is 4. The van der Waals surface area contributed by atoms with Crippen molar-refractivity contribution in [2.24, 2.45) is 0 Å². The Morgan fingerprint density at radius 2 is 2.02 bits per heavy atom. The summed E-state index contributed by atoms with van der Waals surface area (Å²) in [5, 5.41) is 14.3. The van der Waals surface area contributed by atoms with Crippen LogP contribution in [0, 0.1) is 6.92 Å². The van der Waals surface area contributed by atoms with E-state index < -0.39 is 5.60 Å². The first-order valence-electron chi connectivity index (χ1n) is 13.9. The summed E-state index contributed by atoms with van der Waals surface area (Å²) in [5.74, 6) is 0.734. The number of anilines is 2. The van der Waals surface area contributed by atoms with Crippen molar-refractivity contribution in [3.63, 3.8) is 0 Å². The van der Waals surface area contributed by atoms with E-state index in [4.69, 9.17) is 26.2 Å². The van der Waals surface area contributed by atoms with Crippen LogP contribution in [0.1, 0.15) is 63.0 Å². The lowest BCUT2D eigenvalue weighted by atomic mass is 9.99. The molecular weight excluding hydrogens is 528 g/mol. The van der Waals surface area contributed by atoms with Gasteiger partial charge in [-0.1, -0.05) is 17.7 Å². The Bertz CT molecular complexity index is 1560. The second-order valence-corrected chi connectivity index (χ2v) is 12.0. The highest BCUT2D eigenvalue weighted by atomic mass is 35.5. The molecule has 2 aliphatic rings. The van der Waals surface area contributed by atoms with Gasteiger partial charge >= 0.3 is 6.09 Å². The molecule has 0 spiro atoms. The van der Waals surface area contributed by atoms with Crippen molar-refractivity contribution < 1.29 is 14.3 Å². The van der Waals surface area contributed by atoms with Crippen LogP contribution in [0.3, 0.4) is 0 Å². The number of rotatable bonds is 4. The highest BCUT2D eigenvalue weighted by molar-refractivity contribution is 6.38. The van der Waals surface area contributed by atoms with Crippen molar-refractivity contribution in [2.75, 3.05) is 18.5 Å². The molecule has 1 saturated heterocycles. The fraction of sp³-hybridized carbons (Fsp3) is 0.433. The second-order valence-electron chi connectivity index (χ2n) is 11.6. The lowest BCUT2D eigenvalue weighted by molar-refractivity contribution is -0.0366. The normalized spacial score (nSPS) is 17.6. The summed E-state index contributed by atoms with van der Waals surface area (Å²) in [4.78, 5) is 14.3. The van der Waals surface area contributed by atoms with Gasteiger partial charge in [0.1, 0.15) is 5.60 Å². The summed E-state index contributed by atoms with van der Waals surface area (Å²) in [6, 6.07) is 10.3. The Kier molecular flexibility index (Phi) is 6.96. The monoisotopic (exact) mass is 562 g/mol. The number of halogens is 1. The lowest BCUT2D eigenvalue weighted by Gasteiger charge is -2.31. The Morgan fingerprint density at radius 3 is 2.80 bits per heavy atom. The van der Waals surface area contributed by atoms with Crippen molar-refractivity contribution in [1.29, 1.82) is 0 Å². The fourth-order valence-electron chi connectivity index (χ4n) is 5.34. The molecule has 2 aromatic carbocycles. The predicted molar refractivity (Wildman–Crippen MR) is 156 cm³/mol. The minimum absolute atomic E-state index is 0.0453. The van der Waals surface area contributed by atoms with Crippen molar-refractivity contribution >= 4 is 40.1 Å². The standard InChI is InChI=1S/C30H35ClN6O3/c1-19-17-36(22-9-8-21-18-35(13-12-20(21)15-22)29(38)40-30(2,3)4)34-28(19)33-24-10-11-25-23(27(24)31)16-32-37(25)26-7-5-6-14-39-26/h8-11,15-17,26H,5-7,12-14,18H2,1-4H3,(H,33,34). The number of amides is 1. The number of nitrogens with one attached hydrogen (secondary N) is 1. The molecule has 40 heavy (non-hydrogen) atoms. The third-order valence-corrected chi connectivity index (χ3v) is 7.82. The van der Waals surface area contributed by atoms with E-state index in [9.17, 15) is 4.79 Å². The van der Waals surface area contributed by atoms with E-state index in [2.05, 4.69) is 22.5 Å². The predicted octanol–water partition coefficient (Wildman–Crippen LogP) is 6.92. The minimum atomic E-state index is -0.507. The van der Waals surface area contributed by atoms with Gasteiger partial charge in [-0.25, -0.2) is 14.2 Å². The van der Waals surface area contributed by atoms with Crippen LogP contribution in [0.4, 0.5) is 16.3 Å². The third-order valence-electron chi connectivity index (χ3n) is 7.41. The average Bonchev–Trinajstić information content (AvgIpc) is 3.53. The molecule has 1 fully saturated rings. The Labute approximate surface area is 239 Å². The first kappa shape index (κ1) is 26.7. The van der Waals surface area contributed by atoms with Crippen LogP contribution in [0.25, 0.3) is 16.6 Å². The number of fused-ring (bicyclic) bond motifs is 2. The van der Waals surface area contributed by atoms with Gasteiger partial charge in [0.25, 0.3) is 0 Å². The molecule has 1 unspecified atom stereocenters. The molecule has 1 atom stereocenters. The summed E-state index contributed by atoms with van der Waals surface area (Å²) >= 11 is 6.84. The lowest BCUT2D eigenvalue weighted by Crippen LogP contribution is -2.39. The summed E-state index contributed by atoms with van der Waals surface area (Å²) in [6.07, 6.45) is 7.45. The molecule has 6 rings (SSSR count). The maximum absolute atomic E-state index is 12.5. The summed E-state index contributed by atoms with van der Waals surface area (Å²) in [5.41, 5.74) is 5.54. The van der Waals surface area contributed by atoms with E-state index in [1.54, 1.807) is 4.90 Å². The van der Waals surface area contributed by atoms with E-state index in [0.29, 0.717) is 18.1 Å². The van der Waals surface area contributed by atoms with Crippen LogP contribution in [0.2, 0.25) is 5.02 Å². The van der Waals surface area contributed by atoms with Gasteiger partial charge in [-0.3, -0.25) is 0 Å². The number of carbonyl (C=O) groups is 1. The van der Waals surface area contributed by atoms with Crippen LogP contribution in [-0.2, 0) is 22.4 Å². The number of hydrogen-bond acceptors (Lipinski definition) is 6. The van der Waals surface area contributed by atoms with Crippen LogP contribution in [-0.4, -0.2) is 49.3 Å². The summed E-state index contributed by atoms with van der Waals surface area (Å²) in [7, 11) is 0. The molecule has 2 aromatic heterocycles. The molecule has 2 aliphatic heterocycles. The molecule has 9 nitrogen and oxygen atoms in total. The van der Waals surface area contributed by atoms with Gasteiger partial charge in [-0.2, -0.15) is 5.10 Å². The molecule has 4 heterocycles. The topological polar surface area (TPSA) is 86.4 Å². The first-order chi connectivity index (χ1) is 19.2. The molecular formula is C30H35ClN6O3. The molecule has 10 heteroatoms. The molecule has 0 aliphatic carbocycles. The van der Waals surface area contributed by atoms with E-state index in [1.807, 2.05) is 67.7 Å². The highest BCUT2D eigenvalue weighted by Crippen LogP contribution is 2.36. The van der Waals surface area contributed by atoms with E-state index in [-0.39, 0.29) is 12.3 Å².